The number of hydrogen-bond donors (Lipinski definition) is 3. The van der Waals surface area contributed by atoms with Crippen molar-refractivity contribution in [3.8, 4) is 0 Å². The summed E-state index contributed by atoms with van der Waals surface area (Å²) in [5.74, 6) is -3.52. The zero-order valence-corrected chi connectivity index (χ0v) is 24.8. The molecule has 3 atom stereocenters. The third-order valence-electron chi connectivity index (χ3n) is 8.29. The average molecular weight is 541 g/mol. The van der Waals surface area contributed by atoms with Crippen molar-refractivity contribution in [2.75, 3.05) is 6.54 Å². The van der Waals surface area contributed by atoms with Crippen LogP contribution in [-0.2, 0) is 14.4 Å². The predicted octanol–water partition coefficient (Wildman–Crippen LogP) is 7.82. The number of carboxylic acids is 3. The van der Waals surface area contributed by atoms with E-state index >= 15 is 0 Å². The molecule has 7 nitrogen and oxygen atoms in total. The first kappa shape index (κ1) is 36.1. The molecule has 38 heavy (non-hydrogen) atoms. The van der Waals surface area contributed by atoms with Crippen LogP contribution in [0.1, 0.15) is 143 Å². The Hall–Kier alpha value is -1.89. The fourth-order valence-electron chi connectivity index (χ4n) is 5.54. The third-order valence-corrected chi connectivity index (χ3v) is 8.29. The van der Waals surface area contributed by atoms with Crippen LogP contribution < -0.4 is 0 Å². The molecule has 7 heteroatoms. The number of hydrogen-bond acceptors (Lipinski definition) is 3. The Balaban J connectivity index is 4.12. The van der Waals surface area contributed by atoms with E-state index in [0.717, 1.165) is 38.5 Å². The van der Waals surface area contributed by atoms with Crippen molar-refractivity contribution in [1.82, 2.24) is 0 Å². The van der Waals surface area contributed by atoms with Crippen molar-refractivity contribution in [3.63, 3.8) is 0 Å². The second-order valence-corrected chi connectivity index (χ2v) is 11.1. The maximum atomic E-state index is 11.8. The van der Waals surface area contributed by atoms with Crippen LogP contribution in [-0.4, -0.2) is 62.4 Å². The lowest BCUT2D eigenvalue weighted by Gasteiger charge is -2.47. The van der Waals surface area contributed by atoms with Gasteiger partial charge in [-0.15, -0.1) is 0 Å². The molecule has 0 heterocycles. The lowest BCUT2D eigenvalue weighted by molar-refractivity contribution is -0.968. The van der Waals surface area contributed by atoms with Crippen LogP contribution in [0.4, 0.5) is 0 Å². The second kappa shape index (κ2) is 22.0. The summed E-state index contributed by atoms with van der Waals surface area (Å²) < 4.78 is -0.482. The van der Waals surface area contributed by atoms with Gasteiger partial charge in [0.05, 0.1) is 6.54 Å². The SMILES string of the molecule is CCCCCCCCCCCC/C=C/CCCCCCCC[N+](C(C)C(=O)O)(C(C)C(=O)O)C(C)C(=O)O. The molecular formula is C31H58NO6+. The molecule has 0 rings (SSSR count). The van der Waals surface area contributed by atoms with Gasteiger partial charge in [0.1, 0.15) is 0 Å². The van der Waals surface area contributed by atoms with Crippen molar-refractivity contribution in [3.05, 3.63) is 12.2 Å². The van der Waals surface area contributed by atoms with Crippen molar-refractivity contribution in [1.29, 1.82) is 0 Å². The van der Waals surface area contributed by atoms with Crippen LogP contribution in [0, 0.1) is 0 Å². The second-order valence-electron chi connectivity index (χ2n) is 11.1. The minimum atomic E-state index is -1.17. The molecule has 0 aliphatic heterocycles. The summed E-state index contributed by atoms with van der Waals surface area (Å²) in [7, 11) is 0. The lowest BCUT2D eigenvalue weighted by atomic mass is 10.00. The largest absolute Gasteiger partial charge is 0.477 e. The number of unbranched alkanes of at least 4 members (excludes halogenated alkanes) is 16. The van der Waals surface area contributed by atoms with E-state index in [0.29, 0.717) is 6.42 Å². The minimum absolute atomic E-state index is 0.218. The van der Waals surface area contributed by atoms with Gasteiger partial charge in [0, 0.05) is 0 Å². The van der Waals surface area contributed by atoms with E-state index < -0.39 is 40.5 Å². The highest BCUT2D eigenvalue weighted by Crippen LogP contribution is 2.27. The Morgan fingerprint density at radius 2 is 0.816 bits per heavy atom. The topological polar surface area (TPSA) is 112 Å². The fourth-order valence-corrected chi connectivity index (χ4v) is 5.54. The first-order chi connectivity index (χ1) is 18.1. The zero-order valence-electron chi connectivity index (χ0n) is 24.8. The van der Waals surface area contributed by atoms with Crippen molar-refractivity contribution in [2.45, 2.75) is 161 Å². The van der Waals surface area contributed by atoms with E-state index in [4.69, 9.17) is 0 Å². The Morgan fingerprint density at radius 3 is 1.13 bits per heavy atom. The molecule has 0 aliphatic rings. The Labute approximate surface area is 232 Å². The van der Waals surface area contributed by atoms with Crippen LogP contribution in [0.2, 0.25) is 0 Å². The summed E-state index contributed by atoms with van der Waals surface area (Å²) in [5.41, 5.74) is 0. The smallest absolute Gasteiger partial charge is 0.362 e. The summed E-state index contributed by atoms with van der Waals surface area (Å²) in [6.07, 6.45) is 26.3. The molecule has 0 aromatic rings. The molecule has 3 N–H and O–H groups in total. The summed E-state index contributed by atoms with van der Waals surface area (Å²) >= 11 is 0. The zero-order chi connectivity index (χ0) is 28.8. The highest BCUT2D eigenvalue weighted by atomic mass is 16.4. The van der Waals surface area contributed by atoms with Crippen molar-refractivity contribution < 1.29 is 34.2 Å². The monoisotopic (exact) mass is 540 g/mol. The molecule has 0 aliphatic carbocycles. The molecule has 0 aromatic carbocycles. The molecule has 0 amide bonds. The van der Waals surface area contributed by atoms with Gasteiger partial charge in [-0.3, -0.25) is 4.48 Å². The summed E-state index contributed by atoms with van der Waals surface area (Å²) in [5, 5.41) is 28.9. The van der Waals surface area contributed by atoms with Crippen LogP contribution in [0.25, 0.3) is 0 Å². The van der Waals surface area contributed by atoms with E-state index in [1.54, 1.807) is 0 Å². The Kier molecular flexibility index (Phi) is 20.9. The molecule has 0 spiro atoms. The van der Waals surface area contributed by atoms with Gasteiger partial charge in [-0.2, -0.15) is 0 Å². The highest BCUT2D eigenvalue weighted by molar-refractivity contribution is 5.77. The van der Waals surface area contributed by atoms with Crippen LogP contribution in [0.15, 0.2) is 12.2 Å². The molecular weight excluding hydrogens is 482 g/mol. The predicted molar refractivity (Wildman–Crippen MR) is 154 cm³/mol. The number of allylic oxidation sites excluding steroid dienone is 2. The van der Waals surface area contributed by atoms with Gasteiger partial charge in [-0.05, 0) is 59.3 Å². The number of carbonyl (C=O) groups is 3. The van der Waals surface area contributed by atoms with Gasteiger partial charge in [-0.1, -0.05) is 96.1 Å². The lowest BCUT2D eigenvalue weighted by Crippen LogP contribution is -2.70. The molecule has 222 valence electrons. The number of aliphatic carboxylic acids is 3. The first-order valence-electron chi connectivity index (χ1n) is 15.3. The standard InChI is InChI=1S/C31H57NO6/c1-5-6-7-8-9-10-11-12-13-14-15-16-17-18-19-20-21-22-23-24-25-32(26(2)29(33)34,27(3)30(35)36)28(4)31(37)38/h16-17,26-28H,5-15,18-25H2,1-4H3,(H2-,33,34,35,36,37,38)/p+1/b17-16+. The van der Waals surface area contributed by atoms with Gasteiger partial charge >= 0.3 is 17.9 Å². The van der Waals surface area contributed by atoms with Crippen molar-refractivity contribution >= 4 is 17.9 Å². The number of rotatable bonds is 26. The molecule has 0 saturated heterocycles. The van der Waals surface area contributed by atoms with Gasteiger partial charge in [0.15, 0.2) is 18.1 Å². The van der Waals surface area contributed by atoms with Gasteiger partial charge in [-0.25, -0.2) is 14.4 Å². The van der Waals surface area contributed by atoms with Crippen LogP contribution >= 0.6 is 0 Å². The average Bonchev–Trinajstić information content (AvgIpc) is 2.88. The normalized spacial score (nSPS) is 15.7. The molecule has 0 radical (unpaired) electrons. The molecule has 0 fully saturated rings. The van der Waals surface area contributed by atoms with Crippen LogP contribution in [0.5, 0.6) is 0 Å². The highest BCUT2D eigenvalue weighted by Gasteiger charge is 2.52. The van der Waals surface area contributed by atoms with E-state index in [2.05, 4.69) is 19.1 Å². The molecule has 0 saturated carbocycles. The maximum absolute atomic E-state index is 11.8. The molecule has 0 bridgehead atoms. The Bertz CT molecular complexity index is 627. The summed E-state index contributed by atoms with van der Waals surface area (Å²) in [6.45, 7) is 6.74. The fraction of sp³-hybridized carbons (Fsp3) is 0.839. The van der Waals surface area contributed by atoms with E-state index in [1.165, 1.54) is 91.4 Å². The maximum Gasteiger partial charge on any atom is 0.362 e. The van der Waals surface area contributed by atoms with Gasteiger partial charge in [0.2, 0.25) is 0 Å². The number of nitrogens with zero attached hydrogens (tertiary/aromatic N) is 1. The number of carboxylic acid groups (broad SMARTS) is 3. The third kappa shape index (κ3) is 14.3. The molecule has 0 aromatic heterocycles. The minimum Gasteiger partial charge on any atom is -0.477 e. The summed E-state index contributed by atoms with van der Waals surface area (Å²) in [6, 6.07) is -3.38. The van der Waals surface area contributed by atoms with Gasteiger partial charge in [0.25, 0.3) is 0 Å². The van der Waals surface area contributed by atoms with E-state index in [-0.39, 0.29) is 6.54 Å². The Morgan fingerprint density at radius 1 is 0.526 bits per heavy atom. The molecule has 3 unspecified atom stereocenters. The summed E-state index contributed by atoms with van der Waals surface area (Å²) in [4.78, 5) is 35.4. The van der Waals surface area contributed by atoms with E-state index in [9.17, 15) is 29.7 Å². The van der Waals surface area contributed by atoms with Crippen molar-refractivity contribution in [2.24, 2.45) is 0 Å². The first-order valence-corrected chi connectivity index (χ1v) is 15.3. The van der Waals surface area contributed by atoms with Gasteiger partial charge < -0.3 is 15.3 Å². The van der Waals surface area contributed by atoms with Crippen LogP contribution in [0.3, 0.4) is 0 Å². The number of quaternary nitrogens is 1. The quantitative estimate of drug-likeness (QED) is 0.0586. The van der Waals surface area contributed by atoms with E-state index in [1.807, 2.05) is 0 Å².